The van der Waals surface area contributed by atoms with Gasteiger partial charge in [-0.25, -0.2) is 4.39 Å². The summed E-state index contributed by atoms with van der Waals surface area (Å²) in [6.45, 7) is 0.193. The highest BCUT2D eigenvalue weighted by atomic mass is 35.5. The highest BCUT2D eigenvalue weighted by molar-refractivity contribution is 6.31. The molecule has 0 spiro atoms. The predicted molar refractivity (Wildman–Crippen MR) is 69.6 cm³/mol. The lowest BCUT2D eigenvalue weighted by Gasteiger charge is -2.18. The summed E-state index contributed by atoms with van der Waals surface area (Å²) in [5, 5.41) is 6.11. The first-order valence-electron chi connectivity index (χ1n) is 6.46. The molecule has 1 fully saturated rings. The van der Waals surface area contributed by atoms with Crippen LogP contribution in [0.1, 0.15) is 18.4 Å². The molecule has 2 aromatic rings. The third-order valence-corrected chi connectivity index (χ3v) is 3.83. The minimum Gasteiger partial charge on any atom is -0.337 e. The van der Waals surface area contributed by atoms with Crippen molar-refractivity contribution in [1.29, 1.82) is 0 Å². The Labute approximate surface area is 127 Å². The fourth-order valence-corrected chi connectivity index (χ4v) is 2.64. The van der Waals surface area contributed by atoms with E-state index in [0.29, 0.717) is 0 Å². The molecule has 1 saturated heterocycles. The average Bonchev–Trinajstić information content (AvgIpc) is 3.08. The molecule has 0 radical (unpaired) electrons. The molecule has 1 aliphatic heterocycles. The first-order chi connectivity index (χ1) is 10.4. The van der Waals surface area contributed by atoms with E-state index in [0.717, 1.165) is 0 Å². The van der Waals surface area contributed by atoms with Crippen molar-refractivity contribution in [2.24, 2.45) is 5.92 Å². The van der Waals surface area contributed by atoms with Crippen LogP contribution in [0.3, 0.4) is 0 Å². The van der Waals surface area contributed by atoms with E-state index in [2.05, 4.69) is 15.5 Å². The van der Waals surface area contributed by atoms with Gasteiger partial charge >= 0.3 is 6.18 Å². The molecule has 0 aliphatic carbocycles. The van der Waals surface area contributed by atoms with Crippen molar-refractivity contribution < 1.29 is 22.1 Å². The lowest BCUT2D eigenvalue weighted by molar-refractivity contribution is -0.178. The molecular weight excluding hydrogens is 326 g/mol. The number of aromatic nitrogens is 2. The highest BCUT2D eigenvalue weighted by Gasteiger charge is 2.49. The summed E-state index contributed by atoms with van der Waals surface area (Å²) >= 11 is 5.66. The Kier molecular flexibility index (Phi) is 3.82. The number of nitrogens with one attached hydrogen (secondary N) is 1. The van der Waals surface area contributed by atoms with Gasteiger partial charge in [0.05, 0.1) is 22.5 Å². The first-order valence-corrected chi connectivity index (χ1v) is 6.84. The second-order valence-electron chi connectivity index (χ2n) is 4.93. The van der Waals surface area contributed by atoms with Crippen molar-refractivity contribution in [3.63, 3.8) is 0 Å². The summed E-state index contributed by atoms with van der Waals surface area (Å²) in [7, 11) is 0. The van der Waals surface area contributed by atoms with E-state index in [1.165, 1.54) is 18.2 Å². The number of nitrogens with zero attached hydrogens (tertiary/aromatic N) is 2. The zero-order valence-electron chi connectivity index (χ0n) is 11.0. The molecular formula is C13H10ClF4N3O. The first kappa shape index (κ1) is 15.2. The van der Waals surface area contributed by atoms with Crippen LogP contribution in [0, 0.1) is 11.7 Å². The smallest absolute Gasteiger partial charge is 0.337 e. The summed E-state index contributed by atoms with van der Waals surface area (Å²) in [6.07, 6.45) is -4.44. The van der Waals surface area contributed by atoms with Crippen LogP contribution in [0.25, 0.3) is 11.4 Å². The maximum absolute atomic E-state index is 13.9. The van der Waals surface area contributed by atoms with E-state index in [4.69, 9.17) is 16.1 Å². The van der Waals surface area contributed by atoms with Crippen LogP contribution >= 0.6 is 11.6 Å². The largest absolute Gasteiger partial charge is 0.393 e. The Morgan fingerprint density at radius 1 is 1.32 bits per heavy atom. The van der Waals surface area contributed by atoms with Crippen LogP contribution < -0.4 is 5.32 Å². The van der Waals surface area contributed by atoms with Crippen LogP contribution in [-0.4, -0.2) is 22.9 Å². The van der Waals surface area contributed by atoms with Crippen LogP contribution in [0.2, 0.25) is 5.02 Å². The van der Waals surface area contributed by atoms with E-state index in [-0.39, 0.29) is 35.3 Å². The SMILES string of the molecule is Fc1c(Cl)cccc1-c1noc([C@H]2NCC[C@@H]2C(F)(F)F)n1. The van der Waals surface area contributed by atoms with Gasteiger partial charge in [0.2, 0.25) is 11.7 Å². The third-order valence-electron chi connectivity index (χ3n) is 3.54. The number of alkyl halides is 3. The minimum atomic E-state index is -4.37. The van der Waals surface area contributed by atoms with Gasteiger partial charge in [0.15, 0.2) is 5.82 Å². The zero-order chi connectivity index (χ0) is 15.9. The summed E-state index contributed by atoms with van der Waals surface area (Å²) in [6, 6.07) is 3.09. The number of halogens is 5. The molecule has 118 valence electrons. The molecule has 4 nitrogen and oxygen atoms in total. The summed E-state index contributed by atoms with van der Waals surface area (Å²) in [5.74, 6) is -2.70. The molecule has 1 N–H and O–H groups in total. The van der Waals surface area contributed by atoms with Crippen LogP contribution in [0.4, 0.5) is 17.6 Å². The Morgan fingerprint density at radius 2 is 2.09 bits per heavy atom. The molecule has 22 heavy (non-hydrogen) atoms. The zero-order valence-corrected chi connectivity index (χ0v) is 11.7. The summed E-state index contributed by atoms with van der Waals surface area (Å²) in [5.41, 5.74) is -0.0240. The second-order valence-corrected chi connectivity index (χ2v) is 5.33. The Balaban J connectivity index is 1.93. The van der Waals surface area contributed by atoms with Crippen LogP contribution in [-0.2, 0) is 0 Å². The molecule has 0 unspecified atom stereocenters. The Bertz CT molecular complexity index is 688. The molecule has 9 heteroatoms. The van der Waals surface area contributed by atoms with Gasteiger partial charge in [-0.3, -0.25) is 0 Å². The van der Waals surface area contributed by atoms with Gasteiger partial charge in [-0.2, -0.15) is 18.2 Å². The number of hydrogen-bond donors (Lipinski definition) is 1. The van der Waals surface area contributed by atoms with Crippen LogP contribution in [0.15, 0.2) is 22.7 Å². The van der Waals surface area contributed by atoms with Gasteiger partial charge < -0.3 is 9.84 Å². The van der Waals surface area contributed by atoms with Crippen molar-refractivity contribution in [2.45, 2.75) is 18.6 Å². The van der Waals surface area contributed by atoms with Gasteiger partial charge in [-0.05, 0) is 25.1 Å². The molecule has 0 amide bonds. The molecule has 1 aromatic carbocycles. The monoisotopic (exact) mass is 335 g/mol. The molecule has 1 aromatic heterocycles. The second kappa shape index (κ2) is 5.51. The Morgan fingerprint density at radius 3 is 2.82 bits per heavy atom. The number of rotatable bonds is 2. The third kappa shape index (κ3) is 2.68. The fourth-order valence-electron chi connectivity index (χ4n) is 2.46. The van der Waals surface area contributed by atoms with Gasteiger partial charge in [-0.15, -0.1) is 0 Å². The molecule has 2 atom stereocenters. The lowest BCUT2D eigenvalue weighted by atomic mass is 10.0. The van der Waals surface area contributed by atoms with E-state index in [9.17, 15) is 17.6 Å². The molecule has 0 saturated carbocycles. The maximum atomic E-state index is 13.9. The average molecular weight is 336 g/mol. The van der Waals surface area contributed by atoms with Crippen LogP contribution in [0.5, 0.6) is 0 Å². The minimum absolute atomic E-state index is 0.0240. The Hall–Kier alpha value is -1.67. The molecule has 3 rings (SSSR count). The van der Waals surface area contributed by atoms with Crippen molar-refractivity contribution in [3.8, 4) is 11.4 Å². The molecule has 2 heterocycles. The summed E-state index contributed by atoms with van der Waals surface area (Å²) in [4.78, 5) is 3.89. The summed E-state index contributed by atoms with van der Waals surface area (Å²) < 4.78 is 57.6. The number of benzene rings is 1. The number of hydrogen-bond acceptors (Lipinski definition) is 4. The molecule has 0 bridgehead atoms. The van der Waals surface area contributed by atoms with E-state index < -0.39 is 24.0 Å². The van der Waals surface area contributed by atoms with Crippen molar-refractivity contribution in [2.75, 3.05) is 6.54 Å². The lowest BCUT2D eigenvalue weighted by Crippen LogP contribution is -2.29. The van der Waals surface area contributed by atoms with Gasteiger partial charge in [0, 0.05) is 0 Å². The van der Waals surface area contributed by atoms with Gasteiger partial charge in [-0.1, -0.05) is 22.8 Å². The fraction of sp³-hybridized carbons (Fsp3) is 0.385. The van der Waals surface area contributed by atoms with Crippen molar-refractivity contribution >= 4 is 11.6 Å². The van der Waals surface area contributed by atoms with Gasteiger partial charge in [0.25, 0.3) is 0 Å². The quantitative estimate of drug-likeness (QED) is 0.849. The van der Waals surface area contributed by atoms with Crippen molar-refractivity contribution in [1.82, 2.24) is 15.5 Å². The molecule has 1 aliphatic rings. The maximum Gasteiger partial charge on any atom is 0.393 e. The predicted octanol–water partition coefficient (Wildman–Crippen LogP) is 3.74. The normalized spacial score (nSPS) is 22.2. The topological polar surface area (TPSA) is 51.0 Å². The van der Waals surface area contributed by atoms with Crippen molar-refractivity contribution in [3.05, 3.63) is 34.9 Å². The van der Waals surface area contributed by atoms with E-state index >= 15 is 0 Å². The highest BCUT2D eigenvalue weighted by Crippen LogP contribution is 2.41. The standard InChI is InChI=1S/C13H10ClF4N3O/c14-8-3-1-2-6(9(8)15)11-20-12(22-21-11)10-7(4-5-19-10)13(16,17)18/h1-3,7,10,19H,4-5H2/t7-,10-/m0/s1. The van der Waals surface area contributed by atoms with Gasteiger partial charge in [0.1, 0.15) is 0 Å². The van der Waals surface area contributed by atoms with E-state index in [1.807, 2.05) is 0 Å². The van der Waals surface area contributed by atoms with E-state index in [1.54, 1.807) is 0 Å².